The highest BCUT2D eigenvalue weighted by Crippen LogP contribution is 2.26. The fourth-order valence-corrected chi connectivity index (χ4v) is 5.02. The van der Waals surface area contributed by atoms with Gasteiger partial charge < -0.3 is 14.6 Å². The maximum absolute atomic E-state index is 12.8. The van der Waals surface area contributed by atoms with Crippen molar-refractivity contribution in [2.75, 3.05) is 6.61 Å². The number of carbonyl (C=O) groups is 1. The van der Waals surface area contributed by atoms with E-state index in [0.29, 0.717) is 25.5 Å². The van der Waals surface area contributed by atoms with Crippen molar-refractivity contribution < 1.29 is 9.53 Å². The van der Waals surface area contributed by atoms with Gasteiger partial charge in [-0.3, -0.25) is 4.79 Å². The van der Waals surface area contributed by atoms with Crippen LogP contribution in [0.1, 0.15) is 49.6 Å². The Morgan fingerprint density at radius 3 is 2.33 bits per heavy atom. The number of ether oxygens (including phenoxy) is 1. The molecule has 0 aliphatic rings. The second-order valence-electron chi connectivity index (χ2n) is 10.4. The van der Waals surface area contributed by atoms with Crippen LogP contribution in [0.25, 0.3) is 22.2 Å². The smallest absolute Gasteiger partial charge is 0.224 e. The van der Waals surface area contributed by atoms with E-state index in [1.807, 2.05) is 54.6 Å². The maximum Gasteiger partial charge on any atom is 0.224 e. The Morgan fingerprint density at radius 1 is 0.825 bits per heavy atom. The predicted molar refractivity (Wildman–Crippen MR) is 162 cm³/mol. The van der Waals surface area contributed by atoms with Crippen molar-refractivity contribution in [3.05, 3.63) is 120 Å². The largest absolute Gasteiger partial charge is 0.493 e. The number of nitrogens with zero attached hydrogens (tertiary/aromatic N) is 2. The minimum absolute atomic E-state index is 0.0108. The maximum atomic E-state index is 12.8. The monoisotopic (exact) mass is 531 g/mol. The molecule has 5 nitrogen and oxygen atoms in total. The molecule has 0 saturated heterocycles. The number of carbonyl (C=O) groups excluding carboxylic acids is 1. The first-order valence-electron chi connectivity index (χ1n) is 14.2. The predicted octanol–water partition coefficient (Wildman–Crippen LogP) is 7.54. The number of hydrogen-bond acceptors (Lipinski definition) is 3. The zero-order valence-corrected chi connectivity index (χ0v) is 23.3. The van der Waals surface area contributed by atoms with Gasteiger partial charge in [0.05, 0.1) is 30.6 Å². The van der Waals surface area contributed by atoms with Crippen molar-refractivity contribution in [3.8, 4) is 16.9 Å². The molecule has 0 radical (unpaired) electrons. The van der Waals surface area contributed by atoms with Crippen LogP contribution in [0.5, 0.6) is 5.75 Å². The van der Waals surface area contributed by atoms with E-state index in [1.54, 1.807) is 0 Å². The average Bonchev–Trinajstić information content (AvgIpc) is 3.34. The van der Waals surface area contributed by atoms with E-state index >= 15 is 0 Å². The molecule has 1 heterocycles. The van der Waals surface area contributed by atoms with Gasteiger partial charge in [0.2, 0.25) is 5.91 Å². The lowest BCUT2D eigenvalue weighted by Crippen LogP contribution is -2.26. The highest BCUT2D eigenvalue weighted by molar-refractivity contribution is 5.79. The molecule has 5 aromatic rings. The summed E-state index contributed by atoms with van der Waals surface area (Å²) in [5, 5.41) is 3.09. The molecule has 1 aromatic heterocycles. The number of aryl methyl sites for hydroxylation is 1. The van der Waals surface area contributed by atoms with Crippen molar-refractivity contribution >= 4 is 16.9 Å². The molecule has 204 valence electrons. The summed E-state index contributed by atoms with van der Waals surface area (Å²) in [6, 6.07) is 34.9. The van der Waals surface area contributed by atoms with Gasteiger partial charge >= 0.3 is 0 Å². The Bertz CT molecular complexity index is 1540. The average molecular weight is 532 g/mol. The zero-order chi connectivity index (χ0) is 27.7. The molecule has 0 aliphatic heterocycles. The highest BCUT2D eigenvalue weighted by Gasteiger charge is 2.13. The Balaban J connectivity index is 1.16. The fraction of sp³-hybridized carbons (Fsp3) is 0.257. The van der Waals surface area contributed by atoms with Gasteiger partial charge in [0.25, 0.3) is 0 Å². The van der Waals surface area contributed by atoms with Gasteiger partial charge in [-0.2, -0.15) is 0 Å². The van der Waals surface area contributed by atoms with Gasteiger partial charge in [-0.15, -0.1) is 0 Å². The number of nitrogens with one attached hydrogen (secondary N) is 1. The van der Waals surface area contributed by atoms with Gasteiger partial charge in [-0.05, 0) is 59.2 Å². The zero-order valence-electron chi connectivity index (χ0n) is 23.3. The minimum Gasteiger partial charge on any atom is -0.493 e. The van der Waals surface area contributed by atoms with Gasteiger partial charge in [0, 0.05) is 6.54 Å². The molecule has 1 N–H and O–H groups in total. The van der Waals surface area contributed by atoms with Crippen LogP contribution in [-0.2, 0) is 24.3 Å². The third-order valence-electron chi connectivity index (χ3n) is 7.18. The first kappa shape index (κ1) is 27.2. The number of aromatic nitrogens is 2. The van der Waals surface area contributed by atoms with Crippen LogP contribution in [0.4, 0.5) is 0 Å². The Kier molecular flexibility index (Phi) is 8.92. The molecule has 0 atom stereocenters. The number of fused-ring (bicyclic) bond motifs is 1. The number of rotatable bonds is 12. The summed E-state index contributed by atoms with van der Waals surface area (Å²) in [4.78, 5) is 17.6. The Labute approximate surface area is 236 Å². The van der Waals surface area contributed by atoms with E-state index < -0.39 is 0 Å². The van der Waals surface area contributed by atoms with Gasteiger partial charge in [-0.25, -0.2) is 4.98 Å². The molecule has 0 fully saturated rings. The summed E-state index contributed by atoms with van der Waals surface area (Å²) in [6.45, 7) is 6.27. The highest BCUT2D eigenvalue weighted by atomic mass is 16.5. The molecular formula is C35H37N3O2. The lowest BCUT2D eigenvalue weighted by molar-refractivity contribution is -0.120. The van der Waals surface area contributed by atoms with Crippen LogP contribution in [0, 0.1) is 0 Å². The molecule has 0 saturated carbocycles. The molecule has 0 spiro atoms. The first-order valence-corrected chi connectivity index (χ1v) is 14.2. The summed E-state index contributed by atoms with van der Waals surface area (Å²) in [7, 11) is 0. The van der Waals surface area contributed by atoms with Crippen LogP contribution < -0.4 is 10.1 Å². The molecule has 5 heteroatoms. The van der Waals surface area contributed by atoms with Gasteiger partial charge in [0.1, 0.15) is 11.6 Å². The molecule has 0 unspecified atom stereocenters. The minimum atomic E-state index is -0.0108. The van der Waals surface area contributed by atoms with E-state index in [2.05, 4.69) is 72.3 Å². The van der Waals surface area contributed by atoms with E-state index in [9.17, 15) is 4.79 Å². The molecule has 1 amide bonds. The van der Waals surface area contributed by atoms with Crippen molar-refractivity contribution in [1.29, 1.82) is 0 Å². The quantitative estimate of drug-likeness (QED) is 0.169. The van der Waals surface area contributed by atoms with E-state index in [-0.39, 0.29) is 5.91 Å². The van der Waals surface area contributed by atoms with Crippen LogP contribution >= 0.6 is 0 Å². The third-order valence-corrected chi connectivity index (χ3v) is 7.18. The van der Waals surface area contributed by atoms with Gasteiger partial charge in [-0.1, -0.05) is 98.8 Å². The third kappa shape index (κ3) is 6.78. The fourth-order valence-electron chi connectivity index (χ4n) is 5.02. The summed E-state index contributed by atoms with van der Waals surface area (Å²) < 4.78 is 8.35. The van der Waals surface area contributed by atoms with Crippen molar-refractivity contribution in [2.45, 2.75) is 52.1 Å². The number of hydrogen-bond donors (Lipinski definition) is 1. The van der Waals surface area contributed by atoms with E-state index in [1.165, 1.54) is 11.1 Å². The number of imidazole rings is 1. The molecule has 4 aromatic carbocycles. The summed E-state index contributed by atoms with van der Waals surface area (Å²) >= 11 is 0. The standard InChI is InChI=1S/C35H37N3O2/c1-26(2)30-14-6-9-17-33(30)40-23-11-10-22-38-32-16-8-7-15-31(32)37-34(38)25-36-35(39)24-27-18-20-29(21-19-27)28-12-4-3-5-13-28/h3-9,12-21,26H,10-11,22-25H2,1-2H3,(H,36,39). The summed E-state index contributed by atoms with van der Waals surface area (Å²) in [5.41, 5.74) is 6.59. The number of para-hydroxylation sites is 3. The van der Waals surface area contributed by atoms with Crippen LogP contribution in [0.15, 0.2) is 103 Å². The summed E-state index contributed by atoms with van der Waals surface area (Å²) in [5.74, 6) is 2.27. The Hall–Kier alpha value is -4.38. The van der Waals surface area contributed by atoms with Crippen LogP contribution in [-0.4, -0.2) is 22.1 Å². The SMILES string of the molecule is CC(C)c1ccccc1OCCCCn1c(CNC(=O)Cc2ccc(-c3ccccc3)cc2)nc2ccccc21. The second kappa shape index (κ2) is 13.1. The molecular weight excluding hydrogens is 494 g/mol. The molecule has 0 bridgehead atoms. The lowest BCUT2D eigenvalue weighted by atomic mass is 10.0. The second-order valence-corrected chi connectivity index (χ2v) is 10.4. The number of benzene rings is 4. The van der Waals surface area contributed by atoms with Crippen molar-refractivity contribution in [1.82, 2.24) is 14.9 Å². The molecule has 40 heavy (non-hydrogen) atoms. The first-order chi connectivity index (χ1) is 19.6. The van der Waals surface area contributed by atoms with Crippen molar-refractivity contribution in [3.63, 3.8) is 0 Å². The molecule has 5 rings (SSSR count). The van der Waals surface area contributed by atoms with E-state index in [0.717, 1.165) is 53.1 Å². The number of unbranched alkanes of at least 4 members (excludes halogenated alkanes) is 1. The van der Waals surface area contributed by atoms with E-state index in [4.69, 9.17) is 9.72 Å². The number of amides is 1. The summed E-state index contributed by atoms with van der Waals surface area (Å²) in [6.07, 6.45) is 2.23. The topological polar surface area (TPSA) is 56.1 Å². The van der Waals surface area contributed by atoms with Gasteiger partial charge in [0.15, 0.2) is 0 Å². The normalized spacial score (nSPS) is 11.2. The van der Waals surface area contributed by atoms with Crippen LogP contribution in [0.3, 0.4) is 0 Å². The molecule has 0 aliphatic carbocycles. The van der Waals surface area contributed by atoms with Crippen LogP contribution in [0.2, 0.25) is 0 Å². The lowest BCUT2D eigenvalue weighted by Gasteiger charge is -2.14. The van der Waals surface area contributed by atoms with Crippen molar-refractivity contribution in [2.24, 2.45) is 0 Å². The Morgan fingerprint density at radius 2 is 1.52 bits per heavy atom.